The van der Waals surface area contributed by atoms with E-state index in [4.69, 9.17) is 15.2 Å². The number of ether oxygens (including phenoxy) is 2. The second-order valence-electron chi connectivity index (χ2n) is 11.3. The normalized spacial score (nSPS) is 18.6. The van der Waals surface area contributed by atoms with Gasteiger partial charge < -0.3 is 29.9 Å². The van der Waals surface area contributed by atoms with Gasteiger partial charge in [0.1, 0.15) is 0 Å². The van der Waals surface area contributed by atoms with Crippen molar-refractivity contribution in [3.63, 3.8) is 0 Å². The second-order valence-corrected chi connectivity index (χ2v) is 11.3. The number of benzene rings is 1. The number of nitrogens with zero attached hydrogens (tertiary/aromatic N) is 4. The summed E-state index contributed by atoms with van der Waals surface area (Å²) in [6.45, 7) is 6.69. The van der Waals surface area contributed by atoms with E-state index in [0.29, 0.717) is 25.9 Å². The maximum absolute atomic E-state index is 13.7. The summed E-state index contributed by atoms with van der Waals surface area (Å²) >= 11 is 0. The molecule has 42 heavy (non-hydrogen) atoms. The molecule has 2 rings (SSSR count). The van der Waals surface area contributed by atoms with E-state index in [1.807, 2.05) is 20.8 Å². The highest BCUT2D eigenvalue weighted by atomic mass is 16.6. The minimum Gasteiger partial charge on any atom is -0.379 e. The maximum atomic E-state index is 13.7. The number of carbonyl (C=O) groups excluding carboxylic acids is 3. The third-order valence-corrected chi connectivity index (χ3v) is 8.69. The number of rotatable bonds is 16. The molecule has 2 N–H and O–H groups in total. The first-order valence-electron chi connectivity index (χ1n) is 14.7. The zero-order valence-electron chi connectivity index (χ0n) is 26.2. The Labute approximate surface area is 249 Å². The molecule has 0 bridgehead atoms. The number of likely N-dealkylation sites (tertiary alicyclic amines) is 1. The average molecular weight is 592 g/mol. The number of nitro groups is 1. The standard InChI is InChI=1S/C30H49N5O7/c1-8-20(2)28(33(5)27(37)19-31)25(41-6)18-26(36)34-15-10-13-24(34)29(42-7)21(3)30(38)32(4)16-14-22-11-9-12-23(17-22)35(39)40/h9,11-12,17,20-21,24-25,28-29H,8,10,13-16,18-19,31H2,1-7H3. The molecule has 0 spiro atoms. The minimum atomic E-state index is -0.525. The van der Waals surface area contributed by atoms with Crippen LogP contribution < -0.4 is 5.73 Å². The molecule has 12 heteroatoms. The van der Waals surface area contributed by atoms with Gasteiger partial charge in [-0.1, -0.05) is 39.3 Å². The number of nitro benzene ring substituents is 1. The predicted octanol–water partition coefficient (Wildman–Crippen LogP) is 2.47. The van der Waals surface area contributed by atoms with Crippen LogP contribution >= 0.6 is 0 Å². The highest BCUT2D eigenvalue weighted by Crippen LogP contribution is 2.29. The molecule has 0 radical (unpaired) electrons. The number of nitrogens with two attached hydrogens (primary N) is 1. The number of methoxy groups -OCH3 is 2. The minimum absolute atomic E-state index is 0.0177. The molecular formula is C30H49N5O7. The summed E-state index contributed by atoms with van der Waals surface area (Å²) < 4.78 is 11.6. The van der Waals surface area contributed by atoms with Crippen molar-refractivity contribution >= 4 is 23.4 Å². The fourth-order valence-corrected chi connectivity index (χ4v) is 6.04. The van der Waals surface area contributed by atoms with Crippen molar-refractivity contribution in [2.45, 2.75) is 77.2 Å². The average Bonchev–Trinajstić information content (AvgIpc) is 3.48. The van der Waals surface area contributed by atoms with Crippen LogP contribution in [0.4, 0.5) is 5.69 Å². The van der Waals surface area contributed by atoms with E-state index in [-0.39, 0.29) is 54.4 Å². The van der Waals surface area contributed by atoms with Gasteiger partial charge in [0.25, 0.3) is 5.69 Å². The Balaban J connectivity index is 2.13. The largest absolute Gasteiger partial charge is 0.379 e. The molecule has 236 valence electrons. The Morgan fingerprint density at radius 3 is 2.45 bits per heavy atom. The predicted molar refractivity (Wildman–Crippen MR) is 160 cm³/mol. The van der Waals surface area contributed by atoms with Gasteiger partial charge >= 0.3 is 0 Å². The van der Waals surface area contributed by atoms with Crippen LogP contribution in [-0.2, 0) is 30.3 Å². The summed E-state index contributed by atoms with van der Waals surface area (Å²) in [5.74, 6) is -0.884. The molecule has 0 saturated carbocycles. The molecule has 1 saturated heterocycles. The maximum Gasteiger partial charge on any atom is 0.269 e. The fourth-order valence-electron chi connectivity index (χ4n) is 6.04. The lowest BCUT2D eigenvalue weighted by atomic mass is 9.90. The molecule has 6 atom stereocenters. The van der Waals surface area contributed by atoms with E-state index in [1.165, 1.54) is 12.1 Å². The molecule has 0 aromatic heterocycles. The van der Waals surface area contributed by atoms with E-state index in [1.54, 1.807) is 55.1 Å². The molecule has 1 heterocycles. The Bertz CT molecular complexity index is 1070. The van der Waals surface area contributed by atoms with Crippen molar-refractivity contribution in [3.8, 4) is 0 Å². The molecule has 3 amide bonds. The summed E-state index contributed by atoms with van der Waals surface area (Å²) in [5, 5.41) is 11.1. The van der Waals surface area contributed by atoms with Gasteiger partial charge in [-0.2, -0.15) is 0 Å². The van der Waals surface area contributed by atoms with E-state index < -0.39 is 23.0 Å². The zero-order valence-corrected chi connectivity index (χ0v) is 26.2. The molecule has 1 fully saturated rings. The zero-order chi connectivity index (χ0) is 31.6. The number of likely N-dealkylation sites (N-methyl/N-ethyl adjacent to an activating group) is 2. The van der Waals surface area contributed by atoms with Crippen LogP contribution in [0.15, 0.2) is 24.3 Å². The van der Waals surface area contributed by atoms with Crippen molar-refractivity contribution < 1.29 is 28.8 Å². The lowest BCUT2D eigenvalue weighted by Gasteiger charge is -2.39. The van der Waals surface area contributed by atoms with Crippen molar-refractivity contribution in [1.82, 2.24) is 14.7 Å². The van der Waals surface area contributed by atoms with E-state index in [0.717, 1.165) is 18.4 Å². The van der Waals surface area contributed by atoms with Crippen LogP contribution in [-0.4, -0.2) is 110 Å². The topological polar surface area (TPSA) is 149 Å². The Hall–Kier alpha value is -3.09. The quantitative estimate of drug-likeness (QED) is 0.228. The van der Waals surface area contributed by atoms with Crippen LogP contribution in [0.1, 0.15) is 52.0 Å². The fraction of sp³-hybridized carbons (Fsp3) is 0.700. The molecule has 1 aromatic rings. The number of carbonyl (C=O) groups is 3. The van der Waals surface area contributed by atoms with Gasteiger partial charge in [0.15, 0.2) is 0 Å². The second kappa shape index (κ2) is 16.5. The molecular weight excluding hydrogens is 542 g/mol. The van der Waals surface area contributed by atoms with Crippen LogP contribution in [0.5, 0.6) is 0 Å². The Kier molecular flexibility index (Phi) is 13.8. The van der Waals surface area contributed by atoms with Crippen molar-refractivity contribution in [1.29, 1.82) is 0 Å². The monoisotopic (exact) mass is 591 g/mol. The summed E-state index contributed by atoms with van der Waals surface area (Å²) in [6, 6.07) is 5.80. The lowest BCUT2D eigenvalue weighted by Crippen LogP contribution is -2.54. The lowest BCUT2D eigenvalue weighted by molar-refractivity contribution is -0.384. The van der Waals surface area contributed by atoms with Gasteiger partial charge in [0.05, 0.1) is 48.1 Å². The first-order valence-corrected chi connectivity index (χ1v) is 14.7. The number of amides is 3. The number of hydrogen-bond acceptors (Lipinski definition) is 8. The van der Waals surface area contributed by atoms with Crippen LogP contribution in [0, 0.1) is 22.0 Å². The molecule has 1 aromatic carbocycles. The first kappa shape index (κ1) is 35.1. The van der Waals surface area contributed by atoms with Gasteiger partial charge in [-0.3, -0.25) is 24.5 Å². The highest BCUT2D eigenvalue weighted by Gasteiger charge is 2.42. The van der Waals surface area contributed by atoms with Crippen LogP contribution in [0.3, 0.4) is 0 Å². The summed E-state index contributed by atoms with van der Waals surface area (Å²) in [6.07, 6.45) is 1.82. The Morgan fingerprint density at radius 2 is 1.88 bits per heavy atom. The number of hydrogen-bond donors (Lipinski definition) is 1. The molecule has 1 aliphatic heterocycles. The summed E-state index contributed by atoms with van der Waals surface area (Å²) in [5.41, 5.74) is 6.41. The van der Waals surface area contributed by atoms with Crippen LogP contribution in [0.25, 0.3) is 0 Å². The SMILES string of the molecule is CCC(C)C(C(CC(=O)N1CCCC1C(OC)C(C)C(=O)N(C)CCc1cccc([N+](=O)[O-])c1)OC)N(C)C(=O)CN. The van der Waals surface area contributed by atoms with Crippen molar-refractivity contribution in [2.24, 2.45) is 17.6 Å². The third-order valence-electron chi connectivity index (χ3n) is 8.69. The Morgan fingerprint density at radius 1 is 1.19 bits per heavy atom. The van der Waals surface area contributed by atoms with Gasteiger partial charge in [0, 0.05) is 53.5 Å². The first-order chi connectivity index (χ1) is 19.9. The summed E-state index contributed by atoms with van der Waals surface area (Å²) in [7, 11) is 6.52. The smallest absolute Gasteiger partial charge is 0.269 e. The van der Waals surface area contributed by atoms with Gasteiger partial charge in [-0.05, 0) is 30.7 Å². The van der Waals surface area contributed by atoms with Crippen molar-refractivity contribution in [2.75, 3.05) is 47.9 Å². The van der Waals surface area contributed by atoms with E-state index in [9.17, 15) is 24.5 Å². The van der Waals surface area contributed by atoms with Gasteiger partial charge in [-0.15, -0.1) is 0 Å². The molecule has 1 aliphatic rings. The molecule has 12 nitrogen and oxygen atoms in total. The van der Waals surface area contributed by atoms with Crippen LogP contribution in [0.2, 0.25) is 0 Å². The van der Waals surface area contributed by atoms with Gasteiger partial charge in [0.2, 0.25) is 17.7 Å². The number of non-ortho nitro benzene ring substituents is 1. The van der Waals surface area contributed by atoms with Gasteiger partial charge in [-0.25, -0.2) is 0 Å². The van der Waals surface area contributed by atoms with E-state index in [2.05, 4.69) is 0 Å². The molecule has 0 aliphatic carbocycles. The van der Waals surface area contributed by atoms with E-state index >= 15 is 0 Å². The highest BCUT2D eigenvalue weighted by molar-refractivity contribution is 5.81. The third kappa shape index (κ3) is 8.71. The summed E-state index contributed by atoms with van der Waals surface area (Å²) in [4.78, 5) is 55.2. The van der Waals surface area contributed by atoms with Crippen molar-refractivity contribution in [3.05, 3.63) is 39.9 Å². The molecule has 6 unspecified atom stereocenters.